The molecule has 0 atom stereocenters. The van der Waals surface area contributed by atoms with Crippen LogP contribution in [0.1, 0.15) is 15.9 Å². The second kappa shape index (κ2) is 6.78. The van der Waals surface area contributed by atoms with E-state index in [4.69, 9.17) is 28.6 Å². The predicted octanol–water partition coefficient (Wildman–Crippen LogP) is 4.26. The molecule has 4 nitrogen and oxygen atoms in total. The zero-order chi connectivity index (χ0) is 16.4. The molecule has 0 N–H and O–H groups in total. The van der Waals surface area contributed by atoms with Crippen molar-refractivity contribution in [2.75, 3.05) is 6.61 Å². The van der Waals surface area contributed by atoms with E-state index in [9.17, 15) is 4.79 Å². The molecule has 0 spiro atoms. The minimum atomic E-state index is -0.315. The molecule has 0 aromatic heterocycles. The molecule has 0 radical (unpaired) electrons. The summed E-state index contributed by atoms with van der Waals surface area (Å²) >= 11 is 14.4. The number of ether oxygens (including phenoxy) is 1. The molecule has 0 saturated carbocycles. The van der Waals surface area contributed by atoms with Gasteiger partial charge in [0.15, 0.2) is 0 Å². The third kappa shape index (κ3) is 3.60. The van der Waals surface area contributed by atoms with E-state index in [0.29, 0.717) is 21.5 Å². The van der Waals surface area contributed by atoms with E-state index in [0.717, 1.165) is 10.0 Å². The first-order valence-corrected chi connectivity index (χ1v) is 8.23. The van der Waals surface area contributed by atoms with Gasteiger partial charge in [-0.2, -0.15) is 5.01 Å². The molecule has 1 aliphatic heterocycles. The summed E-state index contributed by atoms with van der Waals surface area (Å²) in [5.41, 5.74) is 1.22. The van der Waals surface area contributed by atoms with Gasteiger partial charge in [0.25, 0.3) is 5.91 Å². The number of hydrogen-bond acceptors (Lipinski definition) is 4. The molecule has 0 aliphatic carbocycles. The van der Waals surface area contributed by atoms with Crippen LogP contribution in [0.3, 0.4) is 0 Å². The van der Waals surface area contributed by atoms with Crippen molar-refractivity contribution in [3.8, 4) is 0 Å². The smallest absolute Gasteiger partial charge is 0.279 e. The molecule has 0 bridgehead atoms. The molecule has 23 heavy (non-hydrogen) atoms. The van der Waals surface area contributed by atoms with E-state index in [-0.39, 0.29) is 12.5 Å². The quantitative estimate of drug-likeness (QED) is 0.696. The third-order valence-corrected chi connectivity index (χ3v) is 4.21. The predicted molar refractivity (Wildman–Crippen MR) is 96.9 cm³/mol. The molecular formula is C16H10BrClN2O2S. The van der Waals surface area contributed by atoms with Crippen LogP contribution >= 0.6 is 39.7 Å². The Balaban J connectivity index is 1.92. The van der Waals surface area contributed by atoms with Crippen LogP contribution in [0.5, 0.6) is 0 Å². The molecule has 1 aliphatic rings. The average molecular weight is 410 g/mol. The Labute approximate surface area is 151 Å². The van der Waals surface area contributed by atoms with E-state index in [1.54, 1.807) is 24.3 Å². The van der Waals surface area contributed by atoms with Crippen molar-refractivity contribution in [2.24, 2.45) is 5.10 Å². The number of hydrogen-bond donors (Lipinski definition) is 0. The minimum absolute atomic E-state index is 0.129. The monoisotopic (exact) mass is 408 g/mol. The average Bonchev–Trinajstić information content (AvgIpc) is 2.56. The van der Waals surface area contributed by atoms with Crippen LogP contribution in [-0.2, 0) is 4.74 Å². The number of thiocarbonyl (C=S) groups is 1. The number of carbonyl (C=O) groups excluding carboxylic acids is 1. The van der Waals surface area contributed by atoms with Crippen molar-refractivity contribution in [3.63, 3.8) is 0 Å². The number of nitrogens with zero attached hydrogens (tertiary/aromatic N) is 2. The van der Waals surface area contributed by atoms with E-state index >= 15 is 0 Å². The lowest BCUT2D eigenvalue weighted by molar-refractivity contribution is 0.0833. The molecule has 1 heterocycles. The van der Waals surface area contributed by atoms with Crippen LogP contribution in [0, 0.1) is 0 Å². The fraction of sp³-hybridized carbons (Fsp3) is 0.0625. The Morgan fingerprint density at radius 3 is 2.48 bits per heavy atom. The van der Waals surface area contributed by atoms with Gasteiger partial charge in [0.2, 0.25) is 5.90 Å². The molecule has 7 heteroatoms. The minimum Gasteiger partial charge on any atom is -0.469 e. The number of benzene rings is 2. The first-order valence-electron chi connectivity index (χ1n) is 6.65. The van der Waals surface area contributed by atoms with Crippen molar-refractivity contribution in [1.29, 1.82) is 0 Å². The largest absolute Gasteiger partial charge is 0.469 e. The second-order valence-electron chi connectivity index (χ2n) is 4.72. The van der Waals surface area contributed by atoms with E-state index < -0.39 is 0 Å². The van der Waals surface area contributed by atoms with Gasteiger partial charge in [-0.15, -0.1) is 5.10 Å². The molecule has 116 valence electrons. The molecular weight excluding hydrogens is 400 g/mol. The highest BCUT2D eigenvalue weighted by molar-refractivity contribution is 9.10. The van der Waals surface area contributed by atoms with Crippen molar-refractivity contribution in [1.82, 2.24) is 5.01 Å². The van der Waals surface area contributed by atoms with Gasteiger partial charge < -0.3 is 4.74 Å². The molecule has 3 rings (SSSR count). The Hall–Kier alpha value is -1.76. The van der Waals surface area contributed by atoms with Crippen molar-refractivity contribution < 1.29 is 9.53 Å². The SMILES string of the molecule is O=C(c1ccc(Cl)cc1)N1N=C(c2ccc(Br)cc2)OCC1=S. The second-order valence-corrected chi connectivity index (χ2v) is 6.54. The van der Waals surface area contributed by atoms with Crippen LogP contribution in [0.4, 0.5) is 0 Å². The van der Waals surface area contributed by atoms with Gasteiger partial charge in [-0.25, -0.2) is 0 Å². The fourth-order valence-electron chi connectivity index (χ4n) is 1.97. The third-order valence-electron chi connectivity index (χ3n) is 3.13. The summed E-state index contributed by atoms with van der Waals surface area (Å²) in [6, 6.07) is 14.0. The van der Waals surface area contributed by atoms with Crippen molar-refractivity contribution >= 4 is 56.5 Å². The van der Waals surface area contributed by atoms with Crippen LogP contribution in [0.25, 0.3) is 0 Å². The molecule has 2 aromatic rings. The summed E-state index contributed by atoms with van der Waals surface area (Å²) in [6.07, 6.45) is 0. The molecule has 0 fully saturated rings. The highest BCUT2D eigenvalue weighted by atomic mass is 79.9. The van der Waals surface area contributed by atoms with Crippen molar-refractivity contribution in [3.05, 3.63) is 69.2 Å². The fourth-order valence-corrected chi connectivity index (χ4v) is 2.55. The molecule has 2 aromatic carbocycles. The lowest BCUT2D eigenvalue weighted by atomic mass is 10.2. The van der Waals surface area contributed by atoms with Crippen LogP contribution in [-0.4, -0.2) is 28.4 Å². The lowest BCUT2D eigenvalue weighted by Gasteiger charge is -2.24. The Morgan fingerprint density at radius 1 is 1.17 bits per heavy atom. The van der Waals surface area contributed by atoms with Gasteiger partial charge in [-0.1, -0.05) is 39.7 Å². The number of amides is 1. The Morgan fingerprint density at radius 2 is 1.83 bits per heavy atom. The Bertz CT molecular complexity index is 791. The van der Waals surface area contributed by atoms with Gasteiger partial charge in [0.05, 0.1) is 0 Å². The first-order chi connectivity index (χ1) is 11.0. The van der Waals surface area contributed by atoms with E-state index in [2.05, 4.69) is 21.0 Å². The summed E-state index contributed by atoms with van der Waals surface area (Å²) in [6.45, 7) is 0.129. The standard InChI is InChI=1S/C16H10BrClN2O2S/c17-12-5-1-10(2-6-12)15-19-20(14(23)9-22-15)16(21)11-3-7-13(18)8-4-11/h1-8H,9H2. The first kappa shape index (κ1) is 16.1. The van der Waals surface area contributed by atoms with E-state index in [1.807, 2.05) is 24.3 Å². The van der Waals surface area contributed by atoms with Gasteiger partial charge in [0, 0.05) is 20.6 Å². The summed E-state index contributed by atoms with van der Waals surface area (Å²) in [5, 5.41) is 6.00. The highest BCUT2D eigenvalue weighted by Gasteiger charge is 2.26. The maximum Gasteiger partial charge on any atom is 0.279 e. The number of rotatable bonds is 2. The molecule has 0 saturated heterocycles. The number of hydrazone groups is 1. The Kier molecular flexibility index (Phi) is 4.75. The summed E-state index contributed by atoms with van der Waals surface area (Å²) < 4.78 is 6.48. The number of carbonyl (C=O) groups is 1. The summed E-state index contributed by atoms with van der Waals surface area (Å²) in [7, 11) is 0. The number of halogens is 2. The van der Waals surface area contributed by atoms with Crippen LogP contribution in [0.2, 0.25) is 5.02 Å². The van der Waals surface area contributed by atoms with Gasteiger partial charge in [-0.3, -0.25) is 4.79 Å². The van der Waals surface area contributed by atoms with Gasteiger partial charge in [-0.05, 0) is 48.5 Å². The van der Waals surface area contributed by atoms with Crippen LogP contribution in [0.15, 0.2) is 58.1 Å². The normalized spacial score (nSPS) is 14.3. The highest BCUT2D eigenvalue weighted by Crippen LogP contribution is 2.18. The zero-order valence-electron chi connectivity index (χ0n) is 11.7. The molecule has 1 amide bonds. The van der Waals surface area contributed by atoms with Gasteiger partial charge >= 0.3 is 0 Å². The summed E-state index contributed by atoms with van der Waals surface area (Å²) in [4.78, 5) is 12.9. The molecule has 0 unspecified atom stereocenters. The maximum atomic E-state index is 12.6. The zero-order valence-corrected chi connectivity index (χ0v) is 14.9. The topological polar surface area (TPSA) is 41.9 Å². The van der Waals surface area contributed by atoms with E-state index in [1.165, 1.54) is 5.01 Å². The maximum absolute atomic E-state index is 12.6. The lowest BCUT2D eigenvalue weighted by Crippen LogP contribution is -2.39. The summed E-state index contributed by atoms with van der Waals surface area (Å²) in [5.74, 6) is 0.0398. The van der Waals surface area contributed by atoms with Crippen molar-refractivity contribution in [2.45, 2.75) is 0 Å². The van der Waals surface area contributed by atoms with Crippen LogP contribution < -0.4 is 0 Å². The van der Waals surface area contributed by atoms with Gasteiger partial charge in [0.1, 0.15) is 11.6 Å².